The minimum absolute atomic E-state index is 0.113. The second-order valence-corrected chi connectivity index (χ2v) is 5.30. The number of nitrogens with one attached hydrogen (secondary N) is 2. The fourth-order valence-corrected chi connectivity index (χ4v) is 2.27. The Bertz CT molecular complexity index is 694. The van der Waals surface area contributed by atoms with E-state index in [1.165, 1.54) is 0 Å². The first-order valence-electron chi connectivity index (χ1n) is 7.86. The van der Waals surface area contributed by atoms with E-state index < -0.39 is 0 Å². The lowest BCUT2D eigenvalue weighted by Gasteiger charge is -2.16. The van der Waals surface area contributed by atoms with Gasteiger partial charge in [0.2, 0.25) is 0 Å². The maximum absolute atomic E-state index is 12.1. The highest BCUT2D eigenvalue weighted by Gasteiger charge is 2.14. The van der Waals surface area contributed by atoms with E-state index in [0.717, 1.165) is 12.0 Å². The molecule has 128 valence electrons. The summed E-state index contributed by atoms with van der Waals surface area (Å²) in [5.41, 5.74) is 2.00. The third kappa shape index (κ3) is 4.58. The van der Waals surface area contributed by atoms with Gasteiger partial charge in [0.05, 0.1) is 24.4 Å². The number of aryl methyl sites for hydroxylation is 1. The second-order valence-electron chi connectivity index (χ2n) is 5.30. The number of aromatic nitrogens is 2. The Morgan fingerprint density at radius 3 is 2.50 bits per heavy atom. The molecule has 0 radical (unpaired) electrons. The summed E-state index contributed by atoms with van der Waals surface area (Å²) < 4.78 is 6.62. The summed E-state index contributed by atoms with van der Waals surface area (Å²) in [7, 11) is 1.83. The van der Waals surface area contributed by atoms with Gasteiger partial charge in [0.1, 0.15) is 0 Å². The average molecular weight is 330 g/mol. The first-order valence-corrected chi connectivity index (χ1v) is 7.86. The van der Waals surface area contributed by atoms with Gasteiger partial charge >= 0.3 is 12.0 Å². The van der Waals surface area contributed by atoms with Crippen molar-refractivity contribution in [3.63, 3.8) is 0 Å². The molecule has 0 saturated heterocycles. The van der Waals surface area contributed by atoms with Crippen molar-refractivity contribution < 1.29 is 14.3 Å². The molecule has 0 spiro atoms. The van der Waals surface area contributed by atoms with Gasteiger partial charge in [-0.15, -0.1) is 0 Å². The molecule has 2 amide bonds. The largest absolute Gasteiger partial charge is 0.462 e. The van der Waals surface area contributed by atoms with E-state index in [4.69, 9.17) is 4.74 Å². The van der Waals surface area contributed by atoms with Crippen molar-refractivity contribution in [3.05, 3.63) is 47.8 Å². The van der Waals surface area contributed by atoms with E-state index >= 15 is 0 Å². The number of carbonyl (C=O) groups is 2. The first-order chi connectivity index (χ1) is 11.5. The molecule has 2 rings (SSSR count). The van der Waals surface area contributed by atoms with E-state index in [2.05, 4.69) is 15.7 Å². The molecule has 0 unspecified atom stereocenters. The summed E-state index contributed by atoms with van der Waals surface area (Å²) in [6.45, 7) is 4.07. The van der Waals surface area contributed by atoms with Gasteiger partial charge in [0.15, 0.2) is 0 Å². The zero-order valence-electron chi connectivity index (χ0n) is 14.1. The molecule has 24 heavy (non-hydrogen) atoms. The van der Waals surface area contributed by atoms with Crippen LogP contribution in [0, 0.1) is 0 Å². The number of esters is 1. The highest BCUT2D eigenvalue weighted by atomic mass is 16.5. The summed E-state index contributed by atoms with van der Waals surface area (Å²) >= 11 is 0. The van der Waals surface area contributed by atoms with Crippen molar-refractivity contribution in [3.8, 4) is 0 Å². The number of ether oxygens (including phenoxy) is 1. The Morgan fingerprint density at radius 1 is 1.25 bits per heavy atom. The lowest BCUT2D eigenvalue weighted by Crippen LogP contribution is -2.32. The van der Waals surface area contributed by atoms with E-state index in [1.54, 1.807) is 42.1 Å². The first kappa shape index (κ1) is 17.5. The topological polar surface area (TPSA) is 85.2 Å². The van der Waals surface area contributed by atoms with Gasteiger partial charge in [-0.05, 0) is 37.6 Å². The minimum atomic E-state index is -0.379. The van der Waals surface area contributed by atoms with E-state index in [9.17, 15) is 9.59 Å². The number of hydrogen-bond donors (Lipinski definition) is 2. The van der Waals surface area contributed by atoms with Crippen LogP contribution < -0.4 is 10.6 Å². The van der Waals surface area contributed by atoms with Crippen LogP contribution in [0.4, 0.5) is 10.5 Å². The van der Waals surface area contributed by atoms with E-state index in [-0.39, 0.29) is 18.0 Å². The van der Waals surface area contributed by atoms with Crippen LogP contribution in [0.25, 0.3) is 0 Å². The molecule has 2 N–H and O–H groups in total. The second kappa shape index (κ2) is 8.14. The molecule has 1 atom stereocenters. The molecule has 1 aromatic carbocycles. The van der Waals surface area contributed by atoms with Gasteiger partial charge in [-0.2, -0.15) is 5.10 Å². The molecule has 0 saturated carbocycles. The predicted molar refractivity (Wildman–Crippen MR) is 90.8 cm³/mol. The van der Waals surface area contributed by atoms with Crippen molar-refractivity contribution in [1.82, 2.24) is 15.1 Å². The standard InChI is InChI=1S/C17H22N4O3/c1-4-15(13-10-18-21(3)11-13)20-17(23)19-14-8-6-12(7-9-14)16(22)24-5-2/h6-11,15H,4-5H2,1-3H3,(H2,19,20,23)/t15-/m0/s1. The number of benzene rings is 1. The number of carbonyl (C=O) groups excluding carboxylic acids is 2. The van der Waals surface area contributed by atoms with Gasteiger partial charge in [-0.25, -0.2) is 9.59 Å². The Balaban J connectivity index is 1.95. The van der Waals surface area contributed by atoms with E-state index in [0.29, 0.717) is 17.9 Å². The number of urea groups is 1. The van der Waals surface area contributed by atoms with Crippen LogP contribution in [0.2, 0.25) is 0 Å². The van der Waals surface area contributed by atoms with Crippen LogP contribution in [-0.2, 0) is 11.8 Å². The van der Waals surface area contributed by atoms with Crippen molar-refractivity contribution in [1.29, 1.82) is 0 Å². The third-order valence-electron chi connectivity index (χ3n) is 3.49. The van der Waals surface area contributed by atoms with Crippen LogP contribution in [-0.4, -0.2) is 28.4 Å². The summed E-state index contributed by atoms with van der Waals surface area (Å²) in [6.07, 6.45) is 4.37. The smallest absolute Gasteiger partial charge is 0.338 e. The number of amides is 2. The Labute approximate surface area is 141 Å². The molecule has 0 aliphatic heterocycles. The maximum atomic E-state index is 12.1. The van der Waals surface area contributed by atoms with Crippen molar-refractivity contribution >= 4 is 17.7 Å². The molecule has 2 aromatic rings. The molecule has 1 heterocycles. The van der Waals surface area contributed by atoms with Crippen molar-refractivity contribution in [2.24, 2.45) is 7.05 Å². The predicted octanol–water partition coefficient (Wildman–Crippen LogP) is 2.87. The third-order valence-corrected chi connectivity index (χ3v) is 3.49. The fourth-order valence-electron chi connectivity index (χ4n) is 2.27. The number of hydrogen-bond acceptors (Lipinski definition) is 4. The minimum Gasteiger partial charge on any atom is -0.462 e. The van der Waals surface area contributed by atoms with Gasteiger partial charge in [-0.3, -0.25) is 4.68 Å². The lowest BCUT2D eigenvalue weighted by molar-refractivity contribution is 0.0526. The lowest BCUT2D eigenvalue weighted by atomic mass is 10.1. The Morgan fingerprint density at radius 2 is 1.96 bits per heavy atom. The van der Waals surface area contributed by atoms with Crippen LogP contribution in [0.1, 0.15) is 42.2 Å². The molecule has 0 aliphatic carbocycles. The molecular formula is C17H22N4O3. The highest BCUT2D eigenvalue weighted by Crippen LogP contribution is 2.16. The van der Waals surface area contributed by atoms with Gasteiger partial charge in [0.25, 0.3) is 0 Å². The number of anilines is 1. The van der Waals surface area contributed by atoms with Crippen molar-refractivity contribution in [2.45, 2.75) is 26.3 Å². The molecule has 0 aliphatic rings. The van der Waals surface area contributed by atoms with Crippen LogP contribution in [0.3, 0.4) is 0 Å². The zero-order chi connectivity index (χ0) is 17.5. The SMILES string of the molecule is CCOC(=O)c1ccc(NC(=O)N[C@@H](CC)c2cnn(C)c2)cc1. The Kier molecular flexibility index (Phi) is 5.95. The number of nitrogens with zero attached hydrogens (tertiary/aromatic N) is 2. The molecule has 0 fully saturated rings. The quantitative estimate of drug-likeness (QED) is 0.798. The highest BCUT2D eigenvalue weighted by molar-refractivity contribution is 5.92. The average Bonchev–Trinajstić information content (AvgIpc) is 3.00. The van der Waals surface area contributed by atoms with Gasteiger partial charge < -0.3 is 15.4 Å². The Hall–Kier alpha value is -2.83. The van der Waals surface area contributed by atoms with Crippen LogP contribution in [0.15, 0.2) is 36.7 Å². The monoisotopic (exact) mass is 330 g/mol. The molecule has 0 bridgehead atoms. The zero-order valence-corrected chi connectivity index (χ0v) is 14.1. The van der Waals surface area contributed by atoms with E-state index in [1.807, 2.05) is 20.2 Å². The normalized spacial score (nSPS) is 11.6. The molecule has 7 nitrogen and oxygen atoms in total. The molecule has 1 aromatic heterocycles. The van der Waals surface area contributed by atoms with Gasteiger partial charge in [-0.1, -0.05) is 6.92 Å². The summed E-state index contributed by atoms with van der Waals surface area (Å²) in [5, 5.41) is 9.78. The maximum Gasteiger partial charge on any atom is 0.338 e. The van der Waals surface area contributed by atoms with Crippen LogP contribution in [0.5, 0.6) is 0 Å². The van der Waals surface area contributed by atoms with Crippen LogP contribution >= 0.6 is 0 Å². The van der Waals surface area contributed by atoms with Crippen molar-refractivity contribution in [2.75, 3.05) is 11.9 Å². The summed E-state index contributed by atoms with van der Waals surface area (Å²) in [6, 6.07) is 6.14. The molecule has 7 heteroatoms. The molecular weight excluding hydrogens is 308 g/mol. The summed E-state index contributed by atoms with van der Waals surface area (Å²) in [4.78, 5) is 23.7. The summed E-state index contributed by atoms with van der Waals surface area (Å²) in [5.74, 6) is -0.379. The fraction of sp³-hybridized carbons (Fsp3) is 0.353. The van der Waals surface area contributed by atoms with Gasteiger partial charge in [0, 0.05) is 24.5 Å². The number of rotatable bonds is 6.